The Kier molecular flexibility index (Phi) is 4.27. The van der Waals surface area contributed by atoms with Crippen LogP contribution in [0, 0.1) is 0 Å². The van der Waals surface area contributed by atoms with Crippen LogP contribution in [0.1, 0.15) is 19.3 Å². The molecule has 0 bridgehead atoms. The van der Waals surface area contributed by atoms with Gasteiger partial charge in [0.25, 0.3) is 0 Å². The molecule has 0 saturated heterocycles. The van der Waals surface area contributed by atoms with E-state index < -0.39 is 0 Å². The van der Waals surface area contributed by atoms with Crippen molar-refractivity contribution in [3.8, 4) is 5.75 Å². The van der Waals surface area contributed by atoms with Gasteiger partial charge < -0.3 is 20.5 Å². The molecule has 0 aliphatic heterocycles. The first kappa shape index (κ1) is 13.7. The first-order valence-electron chi connectivity index (χ1n) is 6.44. The second-order valence-corrected chi connectivity index (χ2v) is 4.80. The second-order valence-electron chi connectivity index (χ2n) is 4.80. The van der Waals surface area contributed by atoms with Gasteiger partial charge in [-0.15, -0.1) is 0 Å². The molecule has 0 radical (unpaired) electrons. The monoisotopic (exact) mass is 263 g/mol. The Balaban J connectivity index is 1.94. The topological polar surface area (TPSA) is 68.9 Å². The molecule has 5 heteroatoms. The van der Waals surface area contributed by atoms with Crippen molar-refractivity contribution in [1.29, 1.82) is 0 Å². The van der Waals surface area contributed by atoms with Gasteiger partial charge in [-0.05, 0) is 31.4 Å². The normalized spacial score (nSPS) is 17.7. The van der Waals surface area contributed by atoms with E-state index in [1.807, 2.05) is 24.3 Å². The van der Waals surface area contributed by atoms with Crippen LogP contribution in [0.2, 0.25) is 0 Å². The van der Waals surface area contributed by atoms with Gasteiger partial charge in [0.1, 0.15) is 5.75 Å². The number of hydrogen-bond donors (Lipinski definition) is 2. The number of nitrogens with two attached hydrogens (primary N) is 1. The van der Waals surface area contributed by atoms with Crippen molar-refractivity contribution in [1.82, 2.24) is 0 Å². The summed E-state index contributed by atoms with van der Waals surface area (Å²) >= 11 is 0. The fourth-order valence-electron chi connectivity index (χ4n) is 2.12. The predicted octanol–water partition coefficient (Wildman–Crippen LogP) is 1.99. The molecule has 0 spiro atoms. The number of ether oxygens (including phenoxy) is 2. The summed E-state index contributed by atoms with van der Waals surface area (Å²) in [5.41, 5.74) is 6.65. The quantitative estimate of drug-likeness (QED) is 0.629. The molecule has 0 atom stereocenters. The average molecular weight is 263 g/mol. The lowest BCUT2D eigenvalue weighted by Crippen LogP contribution is -2.43. The Hall–Kier alpha value is -1.75. The van der Waals surface area contributed by atoms with Crippen molar-refractivity contribution in [3.63, 3.8) is 0 Å². The number of nitrogens with one attached hydrogen (secondary N) is 1. The number of rotatable bonds is 5. The highest BCUT2D eigenvalue weighted by Crippen LogP contribution is 2.35. The number of hydrogen-bond acceptors (Lipinski definition) is 3. The fourth-order valence-corrected chi connectivity index (χ4v) is 2.12. The molecule has 0 amide bonds. The van der Waals surface area contributed by atoms with Crippen LogP contribution in [-0.2, 0) is 4.74 Å². The molecule has 0 unspecified atom stereocenters. The van der Waals surface area contributed by atoms with E-state index >= 15 is 0 Å². The summed E-state index contributed by atoms with van der Waals surface area (Å²) in [6.45, 7) is 0.603. The van der Waals surface area contributed by atoms with E-state index in [0.717, 1.165) is 24.3 Å². The molecule has 1 aliphatic rings. The summed E-state index contributed by atoms with van der Waals surface area (Å²) in [4.78, 5) is 4.36. The summed E-state index contributed by atoms with van der Waals surface area (Å²) < 4.78 is 10.7. The Morgan fingerprint density at radius 1 is 1.42 bits per heavy atom. The Labute approximate surface area is 113 Å². The summed E-state index contributed by atoms with van der Waals surface area (Å²) in [5, 5.41) is 3.05. The van der Waals surface area contributed by atoms with Crippen molar-refractivity contribution in [2.45, 2.75) is 24.9 Å². The number of nitrogens with zero attached hydrogens (tertiary/aromatic N) is 1. The molecule has 1 fully saturated rings. The van der Waals surface area contributed by atoms with Crippen LogP contribution >= 0.6 is 0 Å². The van der Waals surface area contributed by atoms with Crippen LogP contribution in [0.5, 0.6) is 5.75 Å². The predicted molar refractivity (Wildman–Crippen MR) is 76.7 cm³/mol. The smallest absolute Gasteiger partial charge is 0.193 e. The minimum atomic E-state index is -0.0965. The first-order valence-corrected chi connectivity index (χ1v) is 6.44. The Bertz CT molecular complexity index is 450. The van der Waals surface area contributed by atoms with Crippen molar-refractivity contribution in [3.05, 3.63) is 24.3 Å². The molecule has 3 N–H and O–H groups in total. The summed E-state index contributed by atoms with van der Waals surface area (Å²) in [5.74, 6) is 1.18. The Morgan fingerprint density at radius 2 is 2.21 bits per heavy atom. The van der Waals surface area contributed by atoms with Gasteiger partial charge in [-0.25, -0.2) is 0 Å². The van der Waals surface area contributed by atoms with E-state index in [0.29, 0.717) is 12.5 Å². The van der Waals surface area contributed by atoms with Crippen molar-refractivity contribution < 1.29 is 9.47 Å². The summed E-state index contributed by atoms with van der Waals surface area (Å²) in [7, 11) is 3.37. The molecular weight excluding hydrogens is 242 g/mol. The molecule has 104 valence electrons. The molecule has 0 heterocycles. The van der Waals surface area contributed by atoms with Gasteiger partial charge in [0.15, 0.2) is 5.96 Å². The zero-order valence-electron chi connectivity index (χ0n) is 11.5. The first-order chi connectivity index (χ1) is 9.17. The lowest BCUT2D eigenvalue weighted by molar-refractivity contribution is -0.0629. The maximum absolute atomic E-state index is 5.88. The number of guanidine groups is 1. The van der Waals surface area contributed by atoms with Gasteiger partial charge in [-0.2, -0.15) is 0 Å². The van der Waals surface area contributed by atoms with Gasteiger partial charge >= 0.3 is 0 Å². The van der Waals surface area contributed by atoms with Crippen LogP contribution in [-0.4, -0.2) is 32.3 Å². The van der Waals surface area contributed by atoms with E-state index in [-0.39, 0.29) is 5.60 Å². The molecule has 0 aromatic heterocycles. The van der Waals surface area contributed by atoms with Crippen molar-refractivity contribution in [2.24, 2.45) is 10.7 Å². The largest absolute Gasteiger partial charge is 0.497 e. The molecule has 1 aliphatic carbocycles. The van der Waals surface area contributed by atoms with Gasteiger partial charge in [0, 0.05) is 18.9 Å². The van der Waals surface area contributed by atoms with Crippen LogP contribution < -0.4 is 15.8 Å². The molecule has 1 saturated carbocycles. The zero-order chi connectivity index (χ0) is 13.7. The minimum absolute atomic E-state index is 0.0965. The third-order valence-electron chi connectivity index (χ3n) is 3.58. The average Bonchev–Trinajstić information content (AvgIpc) is 2.38. The van der Waals surface area contributed by atoms with Crippen LogP contribution in [0.25, 0.3) is 0 Å². The number of benzene rings is 1. The number of anilines is 1. The molecule has 1 aromatic carbocycles. The van der Waals surface area contributed by atoms with Gasteiger partial charge in [0.05, 0.1) is 19.3 Å². The van der Waals surface area contributed by atoms with Crippen molar-refractivity contribution in [2.75, 3.05) is 26.1 Å². The second kappa shape index (κ2) is 5.93. The Morgan fingerprint density at radius 3 is 2.79 bits per heavy atom. The maximum atomic E-state index is 5.88. The van der Waals surface area contributed by atoms with Crippen molar-refractivity contribution >= 4 is 11.6 Å². The standard InChI is InChI=1S/C14H21N3O2/c1-18-12-6-3-5-11(9-12)17-13(15)16-10-14(19-2)7-4-8-14/h3,5-6,9H,4,7-8,10H2,1-2H3,(H3,15,16,17). The van der Waals surface area contributed by atoms with Crippen LogP contribution in [0.4, 0.5) is 5.69 Å². The lowest BCUT2D eigenvalue weighted by atomic mass is 9.80. The van der Waals surface area contributed by atoms with Gasteiger partial charge in [-0.3, -0.25) is 4.99 Å². The maximum Gasteiger partial charge on any atom is 0.193 e. The van der Waals surface area contributed by atoms with E-state index in [2.05, 4.69) is 10.3 Å². The molecular formula is C14H21N3O2. The molecule has 1 aromatic rings. The minimum Gasteiger partial charge on any atom is -0.497 e. The van der Waals surface area contributed by atoms with Gasteiger partial charge in [0.2, 0.25) is 0 Å². The third-order valence-corrected chi connectivity index (χ3v) is 3.58. The molecule has 5 nitrogen and oxygen atoms in total. The SMILES string of the molecule is COc1cccc(NC(N)=NCC2(OC)CCC2)c1. The highest BCUT2D eigenvalue weighted by molar-refractivity contribution is 5.92. The zero-order valence-corrected chi connectivity index (χ0v) is 11.5. The van der Waals surface area contributed by atoms with Crippen LogP contribution in [0.15, 0.2) is 29.3 Å². The van der Waals surface area contributed by atoms with E-state index in [9.17, 15) is 0 Å². The molecule has 19 heavy (non-hydrogen) atoms. The highest BCUT2D eigenvalue weighted by atomic mass is 16.5. The molecule has 2 rings (SSSR count). The summed E-state index contributed by atoms with van der Waals surface area (Å²) in [6.07, 6.45) is 3.31. The number of aliphatic imine (C=N–C) groups is 1. The lowest BCUT2D eigenvalue weighted by Gasteiger charge is -2.39. The number of methoxy groups -OCH3 is 2. The van der Waals surface area contributed by atoms with E-state index in [1.165, 1.54) is 6.42 Å². The fraction of sp³-hybridized carbons (Fsp3) is 0.500. The summed E-state index contributed by atoms with van der Waals surface area (Å²) in [6, 6.07) is 7.57. The van der Waals surface area contributed by atoms with Gasteiger partial charge in [-0.1, -0.05) is 6.07 Å². The van der Waals surface area contributed by atoms with E-state index in [4.69, 9.17) is 15.2 Å². The highest BCUT2D eigenvalue weighted by Gasteiger charge is 2.36. The van der Waals surface area contributed by atoms with Crippen LogP contribution in [0.3, 0.4) is 0 Å². The van der Waals surface area contributed by atoms with E-state index in [1.54, 1.807) is 14.2 Å². The third kappa shape index (κ3) is 3.38.